The highest BCUT2D eigenvalue weighted by molar-refractivity contribution is 5.75. The van der Waals surface area contributed by atoms with Crippen LogP contribution in [-0.2, 0) is 4.79 Å². The molecule has 0 saturated heterocycles. The summed E-state index contributed by atoms with van der Waals surface area (Å²) < 4.78 is 0. The third-order valence-corrected chi connectivity index (χ3v) is 3.32. The molecule has 0 aliphatic heterocycles. The van der Waals surface area contributed by atoms with Gasteiger partial charge in [-0.05, 0) is 31.6 Å². The molecule has 0 unspecified atom stereocenters. The van der Waals surface area contributed by atoms with Gasteiger partial charge < -0.3 is 5.11 Å². The van der Waals surface area contributed by atoms with Crippen molar-refractivity contribution >= 4 is 5.97 Å². The fraction of sp³-hybridized carbons (Fsp3) is 0.900. The summed E-state index contributed by atoms with van der Waals surface area (Å²) in [4.78, 5) is 11.0. The van der Waals surface area contributed by atoms with Gasteiger partial charge in [0.25, 0.3) is 0 Å². The van der Waals surface area contributed by atoms with Gasteiger partial charge in [-0.1, -0.05) is 20.3 Å². The molecule has 1 N–H and O–H groups in total. The van der Waals surface area contributed by atoms with Gasteiger partial charge in [0.2, 0.25) is 0 Å². The van der Waals surface area contributed by atoms with E-state index < -0.39 is 11.4 Å². The van der Waals surface area contributed by atoms with Crippen LogP contribution in [0.5, 0.6) is 0 Å². The molecule has 0 bridgehead atoms. The SMILES string of the molecule is CC(C)[C@@H]1CCC[C@]1(C)C(=O)O. The van der Waals surface area contributed by atoms with E-state index in [-0.39, 0.29) is 0 Å². The van der Waals surface area contributed by atoms with Crippen LogP contribution in [0.4, 0.5) is 0 Å². The summed E-state index contributed by atoms with van der Waals surface area (Å²) in [6.45, 7) is 6.14. The van der Waals surface area contributed by atoms with Crippen molar-refractivity contribution in [2.45, 2.75) is 40.0 Å². The largest absolute Gasteiger partial charge is 0.481 e. The van der Waals surface area contributed by atoms with Gasteiger partial charge in [0, 0.05) is 0 Å². The van der Waals surface area contributed by atoms with Gasteiger partial charge in [-0.3, -0.25) is 4.79 Å². The van der Waals surface area contributed by atoms with Gasteiger partial charge >= 0.3 is 5.97 Å². The highest BCUT2D eigenvalue weighted by atomic mass is 16.4. The Hall–Kier alpha value is -0.530. The van der Waals surface area contributed by atoms with Gasteiger partial charge in [-0.15, -0.1) is 0 Å². The number of carboxylic acids is 1. The molecular weight excluding hydrogens is 152 g/mol. The Morgan fingerprint density at radius 3 is 2.50 bits per heavy atom. The van der Waals surface area contributed by atoms with Crippen molar-refractivity contribution in [1.29, 1.82) is 0 Å². The number of carbonyl (C=O) groups is 1. The van der Waals surface area contributed by atoms with Gasteiger partial charge in [0.1, 0.15) is 0 Å². The van der Waals surface area contributed by atoms with E-state index in [0.717, 1.165) is 19.3 Å². The fourth-order valence-electron chi connectivity index (χ4n) is 2.53. The number of carboxylic acid groups (broad SMARTS) is 1. The lowest BCUT2D eigenvalue weighted by atomic mass is 9.74. The van der Waals surface area contributed by atoms with Gasteiger partial charge in [0.15, 0.2) is 0 Å². The normalized spacial score (nSPS) is 35.8. The first-order valence-electron chi connectivity index (χ1n) is 4.72. The summed E-state index contributed by atoms with van der Waals surface area (Å²) in [5.41, 5.74) is -0.450. The van der Waals surface area contributed by atoms with E-state index in [0.29, 0.717) is 11.8 Å². The number of hydrogen-bond acceptors (Lipinski definition) is 1. The Bertz CT molecular complexity index is 186. The Labute approximate surface area is 74.0 Å². The van der Waals surface area contributed by atoms with Crippen LogP contribution in [-0.4, -0.2) is 11.1 Å². The van der Waals surface area contributed by atoms with E-state index >= 15 is 0 Å². The lowest BCUT2D eigenvalue weighted by Gasteiger charge is -2.29. The molecule has 2 heteroatoms. The topological polar surface area (TPSA) is 37.3 Å². The zero-order valence-electron chi connectivity index (χ0n) is 8.13. The van der Waals surface area contributed by atoms with E-state index in [1.807, 2.05) is 6.92 Å². The molecule has 70 valence electrons. The highest BCUT2D eigenvalue weighted by Gasteiger charge is 2.45. The van der Waals surface area contributed by atoms with Crippen LogP contribution in [0.25, 0.3) is 0 Å². The van der Waals surface area contributed by atoms with Gasteiger partial charge in [0.05, 0.1) is 5.41 Å². The molecule has 0 aromatic heterocycles. The van der Waals surface area contributed by atoms with Crippen LogP contribution >= 0.6 is 0 Å². The van der Waals surface area contributed by atoms with E-state index in [2.05, 4.69) is 13.8 Å². The minimum Gasteiger partial charge on any atom is -0.481 e. The second kappa shape index (κ2) is 3.08. The Kier molecular flexibility index (Phi) is 2.45. The molecule has 1 aliphatic rings. The van der Waals surface area contributed by atoms with Gasteiger partial charge in [-0.2, -0.15) is 0 Å². The van der Waals surface area contributed by atoms with E-state index in [9.17, 15) is 4.79 Å². The molecule has 2 nitrogen and oxygen atoms in total. The summed E-state index contributed by atoms with van der Waals surface area (Å²) in [7, 11) is 0. The monoisotopic (exact) mass is 170 g/mol. The third-order valence-electron chi connectivity index (χ3n) is 3.32. The van der Waals surface area contributed by atoms with Crippen LogP contribution in [0.15, 0.2) is 0 Å². The lowest BCUT2D eigenvalue weighted by Crippen LogP contribution is -2.34. The third kappa shape index (κ3) is 1.35. The Morgan fingerprint density at radius 2 is 2.17 bits per heavy atom. The average Bonchev–Trinajstić information content (AvgIpc) is 2.32. The summed E-state index contributed by atoms with van der Waals surface area (Å²) in [5.74, 6) is 0.252. The minimum absolute atomic E-state index is 0.370. The van der Waals surface area contributed by atoms with Crippen LogP contribution < -0.4 is 0 Å². The molecule has 1 fully saturated rings. The maximum absolute atomic E-state index is 11.0. The highest BCUT2D eigenvalue weighted by Crippen LogP contribution is 2.46. The van der Waals surface area contributed by atoms with Crippen molar-refractivity contribution in [1.82, 2.24) is 0 Å². The molecule has 12 heavy (non-hydrogen) atoms. The Balaban J connectivity index is 2.81. The fourth-order valence-corrected chi connectivity index (χ4v) is 2.53. The molecule has 0 radical (unpaired) electrons. The molecule has 1 aliphatic carbocycles. The van der Waals surface area contributed by atoms with Crippen LogP contribution in [0.1, 0.15) is 40.0 Å². The van der Waals surface area contributed by atoms with Crippen molar-refractivity contribution in [2.75, 3.05) is 0 Å². The lowest BCUT2D eigenvalue weighted by molar-refractivity contribution is -0.151. The van der Waals surface area contributed by atoms with Crippen molar-refractivity contribution in [3.63, 3.8) is 0 Å². The van der Waals surface area contributed by atoms with Gasteiger partial charge in [-0.25, -0.2) is 0 Å². The molecule has 0 spiro atoms. The standard InChI is InChI=1S/C10H18O2/c1-7(2)8-5-4-6-10(8,3)9(11)12/h7-8H,4-6H2,1-3H3,(H,11,12)/t8-,10-/m0/s1. The molecule has 0 aromatic rings. The first-order chi connectivity index (χ1) is 5.48. The van der Waals surface area contributed by atoms with E-state index in [4.69, 9.17) is 5.11 Å². The maximum atomic E-state index is 11.0. The van der Waals surface area contributed by atoms with Crippen molar-refractivity contribution in [3.8, 4) is 0 Å². The number of hydrogen-bond donors (Lipinski definition) is 1. The molecule has 1 rings (SSSR count). The number of aliphatic carboxylic acids is 1. The zero-order chi connectivity index (χ0) is 9.35. The Morgan fingerprint density at radius 1 is 1.58 bits per heavy atom. The molecular formula is C10H18O2. The summed E-state index contributed by atoms with van der Waals surface area (Å²) in [6.07, 6.45) is 3.01. The average molecular weight is 170 g/mol. The molecule has 0 heterocycles. The predicted octanol–water partition coefficient (Wildman–Crippen LogP) is 2.53. The van der Waals surface area contributed by atoms with E-state index in [1.165, 1.54) is 0 Å². The zero-order valence-corrected chi connectivity index (χ0v) is 8.13. The van der Waals surface area contributed by atoms with Crippen molar-refractivity contribution in [2.24, 2.45) is 17.3 Å². The first kappa shape index (κ1) is 9.56. The second-order valence-electron chi connectivity index (χ2n) is 4.47. The predicted molar refractivity (Wildman–Crippen MR) is 47.9 cm³/mol. The molecule has 0 aromatic carbocycles. The van der Waals surface area contributed by atoms with Crippen molar-refractivity contribution < 1.29 is 9.90 Å². The summed E-state index contributed by atoms with van der Waals surface area (Å²) in [6, 6.07) is 0. The molecule has 1 saturated carbocycles. The second-order valence-corrected chi connectivity index (χ2v) is 4.47. The smallest absolute Gasteiger partial charge is 0.309 e. The molecule has 0 amide bonds. The van der Waals surface area contributed by atoms with Crippen LogP contribution in [0, 0.1) is 17.3 Å². The summed E-state index contributed by atoms with van der Waals surface area (Å²) >= 11 is 0. The number of rotatable bonds is 2. The van der Waals surface area contributed by atoms with Crippen LogP contribution in [0.3, 0.4) is 0 Å². The first-order valence-corrected chi connectivity index (χ1v) is 4.72. The maximum Gasteiger partial charge on any atom is 0.309 e. The molecule has 2 atom stereocenters. The minimum atomic E-state index is -0.612. The van der Waals surface area contributed by atoms with E-state index in [1.54, 1.807) is 0 Å². The quantitative estimate of drug-likeness (QED) is 0.691. The summed E-state index contributed by atoms with van der Waals surface area (Å²) in [5, 5.41) is 9.09. The van der Waals surface area contributed by atoms with Crippen LogP contribution in [0.2, 0.25) is 0 Å². The van der Waals surface area contributed by atoms with Crippen molar-refractivity contribution in [3.05, 3.63) is 0 Å².